The molecule has 0 radical (unpaired) electrons. The Morgan fingerprint density at radius 1 is 1.26 bits per heavy atom. The van der Waals surface area contributed by atoms with Crippen LogP contribution < -0.4 is 4.72 Å². The van der Waals surface area contributed by atoms with E-state index in [1.54, 1.807) is 6.07 Å². The summed E-state index contributed by atoms with van der Waals surface area (Å²) in [4.78, 5) is 0. The van der Waals surface area contributed by atoms with Crippen LogP contribution in [0.2, 0.25) is 23.2 Å². The molecule has 1 unspecified atom stereocenters. The van der Waals surface area contributed by atoms with Crippen LogP contribution in [0.4, 0.5) is 5.69 Å². The second-order valence-corrected chi connectivity index (χ2v) is 13.3. The molecule has 0 aliphatic heterocycles. The van der Waals surface area contributed by atoms with Crippen molar-refractivity contribution in [2.45, 2.75) is 45.0 Å². The first-order valence-electron chi connectivity index (χ1n) is 7.71. The maximum absolute atomic E-state index is 11.5. The van der Waals surface area contributed by atoms with E-state index in [0.717, 1.165) is 34.4 Å². The molecule has 4 nitrogen and oxygen atoms in total. The molecule has 0 spiro atoms. The van der Waals surface area contributed by atoms with Crippen molar-refractivity contribution in [2.75, 3.05) is 15.4 Å². The van der Waals surface area contributed by atoms with Gasteiger partial charge in [0.05, 0.1) is 23.1 Å². The van der Waals surface area contributed by atoms with Crippen LogP contribution in [0.5, 0.6) is 0 Å². The third-order valence-electron chi connectivity index (χ3n) is 4.14. The Bertz CT molecular complexity index is 615. The Balaban J connectivity index is 3.19. The van der Waals surface area contributed by atoms with Crippen molar-refractivity contribution < 1.29 is 12.8 Å². The maximum Gasteiger partial charge on any atom is 0.229 e. The molecule has 23 heavy (non-hydrogen) atoms. The second-order valence-electron chi connectivity index (χ2n) is 5.59. The summed E-state index contributed by atoms with van der Waals surface area (Å²) in [6, 6.07) is 8.58. The highest BCUT2D eigenvalue weighted by atomic mass is 127. The van der Waals surface area contributed by atoms with Gasteiger partial charge in [-0.05, 0) is 24.2 Å². The second kappa shape index (κ2) is 9.03. The van der Waals surface area contributed by atoms with Gasteiger partial charge < -0.3 is 4.43 Å². The van der Waals surface area contributed by atoms with E-state index in [1.165, 1.54) is 0 Å². The summed E-state index contributed by atoms with van der Waals surface area (Å²) in [6.45, 7) is 6.56. The molecule has 0 aliphatic rings. The fraction of sp³-hybridized carbons (Fsp3) is 0.600. The van der Waals surface area contributed by atoms with Crippen LogP contribution in [0.15, 0.2) is 18.2 Å². The highest BCUT2D eigenvalue weighted by Gasteiger charge is 2.33. The lowest BCUT2D eigenvalue weighted by molar-refractivity contribution is 0.218. The molecule has 1 N–H and O–H groups in total. The van der Waals surface area contributed by atoms with Gasteiger partial charge in [-0.15, -0.1) is 0 Å². The molecule has 0 bridgehead atoms. The number of anilines is 1. The third-order valence-corrected chi connectivity index (χ3v) is 10.6. The first kappa shape index (κ1) is 21.2. The summed E-state index contributed by atoms with van der Waals surface area (Å²) < 4.78 is 32.7. The average Bonchev–Trinajstić information content (AvgIpc) is 2.51. The fourth-order valence-corrected chi connectivity index (χ4v) is 7.28. The van der Waals surface area contributed by atoms with Gasteiger partial charge >= 0.3 is 0 Å². The Kier molecular flexibility index (Phi) is 8.33. The highest BCUT2D eigenvalue weighted by molar-refractivity contribution is 14.1. The summed E-state index contributed by atoms with van der Waals surface area (Å²) in [5.41, 5.74) is 1.25. The van der Waals surface area contributed by atoms with Crippen molar-refractivity contribution in [1.82, 2.24) is 0 Å². The molecule has 1 atom stereocenters. The molecule has 0 saturated heterocycles. The minimum atomic E-state index is -3.37. The normalized spacial score (nSPS) is 13.8. The number of benzene rings is 1. The number of rotatable bonds is 9. The van der Waals surface area contributed by atoms with Gasteiger partial charge in [0.25, 0.3) is 0 Å². The topological polar surface area (TPSA) is 55.4 Å². The highest BCUT2D eigenvalue weighted by Crippen LogP contribution is 2.37. The molecule has 1 aromatic carbocycles. The number of nitrogens with one attached hydrogen (secondary N) is 1. The van der Waals surface area contributed by atoms with Gasteiger partial charge in [-0.3, -0.25) is 4.72 Å². The van der Waals surface area contributed by atoms with Crippen LogP contribution in [0.25, 0.3) is 0 Å². The Hall–Kier alpha value is 0.167. The van der Waals surface area contributed by atoms with Crippen molar-refractivity contribution in [3.05, 3.63) is 28.8 Å². The molecule has 132 valence electrons. The largest absolute Gasteiger partial charge is 0.409 e. The monoisotopic (exact) mass is 489 g/mol. The lowest BCUT2D eigenvalue weighted by atomic mass is 10.1. The molecule has 1 rings (SSSR count). The van der Waals surface area contributed by atoms with E-state index in [1.807, 2.05) is 12.1 Å². The Labute approximate surface area is 159 Å². The van der Waals surface area contributed by atoms with E-state index >= 15 is 0 Å². The quantitative estimate of drug-likeness (QED) is 0.294. The van der Waals surface area contributed by atoms with E-state index in [4.69, 9.17) is 16.0 Å². The van der Waals surface area contributed by atoms with E-state index in [9.17, 15) is 8.42 Å². The van der Waals surface area contributed by atoms with Gasteiger partial charge in [-0.25, -0.2) is 8.42 Å². The zero-order chi connectivity index (χ0) is 17.7. The summed E-state index contributed by atoms with van der Waals surface area (Å²) in [7, 11) is -5.14. The van der Waals surface area contributed by atoms with Crippen molar-refractivity contribution >= 4 is 58.2 Å². The van der Waals surface area contributed by atoms with Crippen molar-refractivity contribution in [3.8, 4) is 0 Å². The molecule has 0 amide bonds. The average molecular weight is 490 g/mol. The fourth-order valence-electron chi connectivity index (χ4n) is 2.56. The van der Waals surface area contributed by atoms with Crippen LogP contribution in [0.3, 0.4) is 0 Å². The predicted octanol–water partition coefficient (Wildman–Crippen LogP) is 5.21. The molecule has 0 saturated carbocycles. The predicted molar refractivity (Wildman–Crippen MR) is 110 cm³/mol. The van der Waals surface area contributed by atoms with Crippen LogP contribution >= 0.6 is 34.2 Å². The first-order chi connectivity index (χ1) is 10.7. The van der Waals surface area contributed by atoms with Crippen molar-refractivity contribution in [1.29, 1.82) is 0 Å². The van der Waals surface area contributed by atoms with Crippen LogP contribution in [-0.4, -0.2) is 27.4 Å². The van der Waals surface area contributed by atoms with E-state index in [2.05, 4.69) is 48.1 Å². The van der Waals surface area contributed by atoms with Gasteiger partial charge in [0.1, 0.15) is 0 Å². The minimum Gasteiger partial charge on any atom is -0.409 e. The van der Waals surface area contributed by atoms with Crippen LogP contribution in [0, 0.1) is 0 Å². The SMILES string of the molecule is CC[Si](CC)(CC)OC(CI)c1cccc(NS(C)(=O)=O)c1Cl. The summed E-state index contributed by atoms with van der Waals surface area (Å²) in [5.74, 6) is 0. The molecule has 0 aliphatic carbocycles. The van der Waals surface area contributed by atoms with Gasteiger partial charge in [-0.2, -0.15) is 0 Å². The molecule has 0 aromatic heterocycles. The Morgan fingerprint density at radius 2 is 1.83 bits per heavy atom. The van der Waals surface area contributed by atoms with Gasteiger partial charge in [0, 0.05) is 9.99 Å². The van der Waals surface area contributed by atoms with Crippen molar-refractivity contribution in [2.24, 2.45) is 0 Å². The number of sulfonamides is 1. The summed E-state index contributed by atoms with van der Waals surface area (Å²) in [6.07, 6.45) is 1.00. The standard InChI is InChI=1S/C15H25ClINO3SSi/c1-5-23(6-2,7-3)21-14(11-17)12-9-8-10-13(15(12)16)18-22(4,19)20/h8-10,14,18H,5-7,11H2,1-4H3. The Morgan fingerprint density at radius 3 is 2.26 bits per heavy atom. The summed E-state index contributed by atoms with van der Waals surface area (Å²) in [5, 5.41) is 0.422. The maximum atomic E-state index is 11.5. The van der Waals surface area contributed by atoms with Crippen LogP contribution in [-0.2, 0) is 14.4 Å². The smallest absolute Gasteiger partial charge is 0.229 e. The molecular weight excluding hydrogens is 465 g/mol. The number of halogens is 2. The van der Waals surface area contributed by atoms with E-state index < -0.39 is 18.3 Å². The molecule has 8 heteroatoms. The molecule has 1 aromatic rings. The van der Waals surface area contributed by atoms with Crippen LogP contribution in [0.1, 0.15) is 32.4 Å². The summed E-state index contributed by atoms with van der Waals surface area (Å²) >= 11 is 8.75. The molecule has 0 heterocycles. The van der Waals surface area contributed by atoms with Gasteiger partial charge in [0.15, 0.2) is 8.32 Å². The zero-order valence-corrected chi connectivity index (χ0v) is 18.8. The lowest BCUT2D eigenvalue weighted by Gasteiger charge is -2.33. The van der Waals surface area contributed by atoms with E-state index in [0.29, 0.717) is 10.7 Å². The minimum absolute atomic E-state index is 0.115. The molecule has 0 fully saturated rings. The van der Waals surface area contributed by atoms with E-state index in [-0.39, 0.29) is 6.10 Å². The number of hydrogen-bond donors (Lipinski definition) is 1. The third kappa shape index (κ3) is 5.88. The van der Waals surface area contributed by atoms with Crippen molar-refractivity contribution in [3.63, 3.8) is 0 Å². The zero-order valence-electron chi connectivity index (χ0n) is 14.0. The molecular formula is C15H25ClINO3SSi. The van der Waals surface area contributed by atoms with Gasteiger partial charge in [0.2, 0.25) is 10.0 Å². The number of alkyl halides is 1. The lowest BCUT2D eigenvalue weighted by Crippen LogP contribution is -2.37. The number of hydrogen-bond acceptors (Lipinski definition) is 3. The van der Waals surface area contributed by atoms with Gasteiger partial charge in [-0.1, -0.05) is 67.1 Å². The first-order valence-corrected chi connectivity index (χ1v) is 14.0.